The van der Waals surface area contributed by atoms with Gasteiger partial charge in [0.15, 0.2) is 6.29 Å². The van der Waals surface area contributed by atoms with Gasteiger partial charge in [-0.05, 0) is 25.1 Å². The molecule has 4 aromatic rings. The van der Waals surface area contributed by atoms with Crippen LogP contribution in [0.5, 0.6) is 0 Å². The Morgan fingerprint density at radius 3 is 2.82 bits per heavy atom. The van der Waals surface area contributed by atoms with Crippen LogP contribution in [0.25, 0.3) is 10.7 Å². The second kappa shape index (κ2) is 12.9. The van der Waals surface area contributed by atoms with Crippen LogP contribution < -0.4 is 0 Å². The molecule has 3 heterocycles. The molecular formula is C26H26Cl2N4O4S2. The van der Waals surface area contributed by atoms with E-state index >= 15 is 0 Å². The molecule has 1 fully saturated rings. The molecule has 12 heteroatoms. The van der Waals surface area contributed by atoms with Crippen molar-refractivity contribution in [1.82, 2.24) is 20.0 Å². The molecule has 0 saturated carbocycles. The number of nitrogens with zero attached hydrogens (tertiary/aromatic N) is 4. The van der Waals surface area contributed by atoms with E-state index in [0.29, 0.717) is 28.3 Å². The Hall–Kier alpha value is -2.02. The van der Waals surface area contributed by atoms with Crippen LogP contribution in [0, 0.1) is 0 Å². The van der Waals surface area contributed by atoms with Crippen molar-refractivity contribution in [3.8, 4) is 10.7 Å². The SMILES string of the molecule is CO[C@H](C)C([C@H]1OC(c2ccccc2)OCC1OCSc1cc(Cl)ccc1Cl)n1cc(-c2nccs2)nn1. The molecule has 1 saturated heterocycles. The minimum absolute atomic E-state index is 0.276. The average Bonchev–Trinajstić information content (AvgIpc) is 3.65. The molecule has 0 radical (unpaired) electrons. The molecule has 1 aliphatic heterocycles. The molecule has 200 valence electrons. The minimum atomic E-state index is -0.565. The van der Waals surface area contributed by atoms with Crippen molar-refractivity contribution in [3.63, 3.8) is 0 Å². The minimum Gasteiger partial charge on any atom is -0.379 e. The summed E-state index contributed by atoms with van der Waals surface area (Å²) in [6, 6.07) is 14.8. The molecule has 38 heavy (non-hydrogen) atoms. The Balaban J connectivity index is 1.41. The van der Waals surface area contributed by atoms with Crippen LogP contribution in [0.3, 0.4) is 0 Å². The van der Waals surface area contributed by atoms with Crippen molar-refractivity contribution in [2.24, 2.45) is 0 Å². The van der Waals surface area contributed by atoms with E-state index in [4.69, 9.17) is 42.1 Å². The maximum atomic E-state index is 6.58. The first kappa shape index (κ1) is 27.5. The summed E-state index contributed by atoms with van der Waals surface area (Å²) in [6.45, 7) is 2.29. The maximum Gasteiger partial charge on any atom is 0.184 e. The number of ether oxygens (including phenoxy) is 4. The van der Waals surface area contributed by atoms with Crippen LogP contribution in [-0.2, 0) is 18.9 Å². The third-order valence-electron chi connectivity index (χ3n) is 6.18. The van der Waals surface area contributed by atoms with Gasteiger partial charge in [-0.15, -0.1) is 16.4 Å². The monoisotopic (exact) mass is 592 g/mol. The van der Waals surface area contributed by atoms with Crippen molar-refractivity contribution in [2.45, 2.75) is 42.5 Å². The fraction of sp³-hybridized carbons (Fsp3) is 0.346. The van der Waals surface area contributed by atoms with Gasteiger partial charge in [0.05, 0.1) is 29.9 Å². The first-order valence-electron chi connectivity index (χ1n) is 11.9. The summed E-state index contributed by atoms with van der Waals surface area (Å²) in [5.41, 5.74) is 1.60. The van der Waals surface area contributed by atoms with Crippen molar-refractivity contribution in [2.75, 3.05) is 19.7 Å². The van der Waals surface area contributed by atoms with Gasteiger partial charge in [0.2, 0.25) is 0 Å². The number of rotatable bonds is 10. The van der Waals surface area contributed by atoms with Crippen molar-refractivity contribution in [1.29, 1.82) is 0 Å². The summed E-state index contributed by atoms with van der Waals surface area (Å²) >= 11 is 15.5. The highest BCUT2D eigenvalue weighted by molar-refractivity contribution is 7.99. The summed E-state index contributed by atoms with van der Waals surface area (Å²) in [6.07, 6.45) is 1.88. The number of thiazole rings is 1. The highest BCUT2D eigenvalue weighted by Crippen LogP contribution is 2.37. The highest BCUT2D eigenvalue weighted by Gasteiger charge is 2.43. The van der Waals surface area contributed by atoms with Gasteiger partial charge in [0.25, 0.3) is 0 Å². The third kappa shape index (κ3) is 6.40. The summed E-state index contributed by atoms with van der Waals surface area (Å²) in [4.78, 5) is 5.19. The summed E-state index contributed by atoms with van der Waals surface area (Å²) in [5, 5.41) is 12.7. The van der Waals surface area contributed by atoms with E-state index in [1.165, 1.54) is 23.1 Å². The molecule has 2 aromatic carbocycles. The van der Waals surface area contributed by atoms with Crippen LogP contribution in [0.1, 0.15) is 24.8 Å². The van der Waals surface area contributed by atoms with Gasteiger partial charge < -0.3 is 18.9 Å². The Kier molecular flexibility index (Phi) is 9.34. The molecule has 0 spiro atoms. The van der Waals surface area contributed by atoms with E-state index in [0.717, 1.165) is 15.5 Å². The van der Waals surface area contributed by atoms with E-state index in [1.807, 2.05) is 54.9 Å². The smallest absolute Gasteiger partial charge is 0.184 e. The molecule has 0 amide bonds. The number of aromatic nitrogens is 4. The number of hydrogen-bond donors (Lipinski definition) is 0. The number of halogens is 2. The number of thioether (sulfide) groups is 1. The Morgan fingerprint density at radius 2 is 2.05 bits per heavy atom. The number of hydrogen-bond acceptors (Lipinski definition) is 9. The lowest BCUT2D eigenvalue weighted by Gasteiger charge is -2.41. The van der Waals surface area contributed by atoms with Gasteiger partial charge in [-0.1, -0.05) is 70.5 Å². The van der Waals surface area contributed by atoms with Crippen LogP contribution in [0.2, 0.25) is 10.0 Å². The fourth-order valence-corrected chi connectivity index (χ4v) is 6.08. The van der Waals surface area contributed by atoms with Crippen LogP contribution >= 0.6 is 46.3 Å². The van der Waals surface area contributed by atoms with Crippen LogP contribution in [-0.4, -0.2) is 57.9 Å². The van der Waals surface area contributed by atoms with Crippen LogP contribution in [0.4, 0.5) is 0 Å². The topological polar surface area (TPSA) is 80.5 Å². The zero-order chi connectivity index (χ0) is 26.5. The average molecular weight is 594 g/mol. The maximum absolute atomic E-state index is 6.58. The predicted molar refractivity (Wildman–Crippen MR) is 149 cm³/mol. The summed E-state index contributed by atoms with van der Waals surface area (Å²) in [7, 11) is 1.66. The summed E-state index contributed by atoms with van der Waals surface area (Å²) in [5.74, 6) is 0.319. The first-order chi connectivity index (χ1) is 18.5. The largest absolute Gasteiger partial charge is 0.379 e. The fourth-order valence-electron chi connectivity index (χ4n) is 4.19. The van der Waals surface area contributed by atoms with Gasteiger partial charge in [0.1, 0.15) is 29.0 Å². The lowest BCUT2D eigenvalue weighted by atomic mass is 9.99. The normalized spacial score (nSPS) is 21.3. The summed E-state index contributed by atoms with van der Waals surface area (Å²) < 4.78 is 26.6. The second-order valence-corrected chi connectivity index (χ2v) is 11.3. The van der Waals surface area contributed by atoms with E-state index < -0.39 is 18.5 Å². The molecule has 3 unspecified atom stereocenters. The van der Waals surface area contributed by atoms with Gasteiger partial charge in [-0.25, -0.2) is 9.67 Å². The first-order valence-corrected chi connectivity index (χ1v) is 14.5. The molecule has 0 aliphatic carbocycles. The second-order valence-electron chi connectivity index (χ2n) is 8.57. The zero-order valence-electron chi connectivity index (χ0n) is 20.6. The zero-order valence-corrected chi connectivity index (χ0v) is 23.8. The molecule has 8 nitrogen and oxygen atoms in total. The van der Waals surface area contributed by atoms with Crippen LogP contribution in [0.15, 0.2) is 71.2 Å². The number of benzene rings is 2. The van der Waals surface area contributed by atoms with E-state index in [1.54, 1.807) is 30.1 Å². The van der Waals surface area contributed by atoms with Gasteiger partial charge in [-0.3, -0.25) is 0 Å². The molecule has 0 bridgehead atoms. The predicted octanol–water partition coefficient (Wildman–Crippen LogP) is 6.53. The lowest BCUT2D eigenvalue weighted by Crippen LogP contribution is -2.50. The van der Waals surface area contributed by atoms with E-state index in [2.05, 4.69) is 15.3 Å². The van der Waals surface area contributed by atoms with Gasteiger partial charge >= 0.3 is 0 Å². The Bertz CT molecular complexity index is 1310. The molecule has 5 rings (SSSR count). The van der Waals surface area contributed by atoms with E-state index in [9.17, 15) is 0 Å². The molecular weight excluding hydrogens is 567 g/mol. The molecule has 2 aromatic heterocycles. The Morgan fingerprint density at radius 1 is 1.21 bits per heavy atom. The lowest BCUT2D eigenvalue weighted by molar-refractivity contribution is -0.278. The molecule has 1 aliphatic rings. The highest BCUT2D eigenvalue weighted by atomic mass is 35.5. The third-order valence-corrected chi connectivity index (χ3v) is 8.55. The molecule has 0 N–H and O–H groups in total. The number of methoxy groups -OCH3 is 1. The quantitative estimate of drug-likeness (QED) is 0.152. The Labute approximate surface area is 239 Å². The standard InChI is InChI=1S/C26H26Cl2N4O4S2/c1-16(33-2)23(32-13-20(30-31-32)25-29-10-11-37-25)24-21(14-34-26(36-24)17-6-4-3-5-7-17)35-15-38-22-12-18(27)8-9-19(22)28/h3-13,16,21,23-24,26H,14-15H2,1-2H3/t16-,21?,23?,24+,26?/m1/s1. The molecule has 5 atom stereocenters. The van der Waals surface area contributed by atoms with Gasteiger partial charge in [0, 0.05) is 34.2 Å². The van der Waals surface area contributed by atoms with Crippen molar-refractivity contribution < 1.29 is 18.9 Å². The van der Waals surface area contributed by atoms with E-state index in [-0.39, 0.29) is 12.1 Å². The van der Waals surface area contributed by atoms with Gasteiger partial charge in [-0.2, -0.15) is 0 Å². The van der Waals surface area contributed by atoms with Crippen molar-refractivity contribution >= 4 is 46.3 Å². The van der Waals surface area contributed by atoms with Crippen molar-refractivity contribution in [3.05, 3.63) is 81.9 Å².